The molecular formula is C27H25Br2N3O3. The van der Waals surface area contributed by atoms with Crippen LogP contribution in [0.25, 0.3) is 11.3 Å². The van der Waals surface area contributed by atoms with Gasteiger partial charge in [-0.25, -0.2) is 4.79 Å². The number of nitrogens with one attached hydrogen (secondary N) is 2. The first-order valence-corrected chi connectivity index (χ1v) is 12.7. The molecule has 1 aliphatic heterocycles. The zero-order chi connectivity index (χ0) is 25.1. The molecule has 0 bridgehead atoms. The number of fused-ring (bicyclic) bond motifs is 1. The van der Waals surface area contributed by atoms with Gasteiger partial charge in [0.15, 0.2) is 0 Å². The highest BCUT2D eigenvalue weighted by Gasteiger charge is 2.29. The van der Waals surface area contributed by atoms with Gasteiger partial charge in [-0.05, 0) is 56.4 Å². The average Bonchev–Trinajstić information content (AvgIpc) is 3.15. The van der Waals surface area contributed by atoms with Gasteiger partial charge in [-0.15, -0.1) is 0 Å². The quantitative estimate of drug-likeness (QED) is 0.244. The van der Waals surface area contributed by atoms with Crippen molar-refractivity contribution in [2.45, 2.75) is 13.5 Å². The summed E-state index contributed by atoms with van der Waals surface area (Å²) in [7, 11) is 4.04. The SMILES string of the molecule is CCOC(=O)c1ccc2c(c1)NC(=O)/C2=C(\Nc1cc(Br)c(CN(C)C)c(Br)c1)c1ccccc1. The Morgan fingerprint density at radius 2 is 1.69 bits per heavy atom. The molecule has 0 aliphatic carbocycles. The highest BCUT2D eigenvalue weighted by atomic mass is 79.9. The Labute approximate surface area is 221 Å². The van der Waals surface area contributed by atoms with Gasteiger partial charge in [-0.3, -0.25) is 4.79 Å². The van der Waals surface area contributed by atoms with Crippen LogP contribution >= 0.6 is 31.9 Å². The summed E-state index contributed by atoms with van der Waals surface area (Å²) in [6.07, 6.45) is 0. The summed E-state index contributed by atoms with van der Waals surface area (Å²) >= 11 is 7.38. The lowest BCUT2D eigenvalue weighted by Crippen LogP contribution is -2.12. The maximum absolute atomic E-state index is 13.2. The monoisotopic (exact) mass is 597 g/mol. The van der Waals surface area contributed by atoms with E-state index in [4.69, 9.17) is 4.74 Å². The number of ether oxygens (including phenoxy) is 1. The fraction of sp³-hybridized carbons (Fsp3) is 0.185. The van der Waals surface area contributed by atoms with E-state index >= 15 is 0 Å². The molecule has 0 saturated carbocycles. The van der Waals surface area contributed by atoms with Crippen molar-refractivity contribution in [3.05, 3.63) is 91.9 Å². The molecule has 3 aromatic rings. The fourth-order valence-corrected chi connectivity index (χ4v) is 5.37. The molecular weight excluding hydrogens is 574 g/mol. The van der Waals surface area contributed by atoms with Gasteiger partial charge in [0.1, 0.15) is 0 Å². The first-order valence-electron chi connectivity index (χ1n) is 11.1. The van der Waals surface area contributed by atoms with E-state index in [1.54, 1.807) is 25.1 Å². The van der Waals surface area contributed by atoms with Crippen molar-refractivity contribution in [2.75, 3.05) is 31.3 Å². The zero-order valence-electron chi connectivity index (χ0n) is 19.6. The van der Waals surface area contributed by atoms with Crippen molar-refractivity contribution in [2.24, 2.45) is 0 Å². The van der Waals surface area contributed by atoms with Gasteiger partial charge in [0.25, 0.3) is 5.91 Å². The van der Waals surface area contributed by atoms with E-state index in [9.17, 15) is 9.59 Å². The summed E-state index contributed by atoms with van der Waals surface area (Å²) in [4.78, 5) is 27.5. The molecule has 8 heteroatoms. The maximum Gasteiger partial charge on any atom is 0.338 e. The molecule has 0 fully saturated rings. The van der Waals surface area contributed by atoms with Crippen LogP contribution in [0.3, 0.4) is 0 Å². The number of rotatable bonds is 7. The molecule has 0 unspecified atom stereocenters. The summed E-state index contributed by atoms with van der Waals surface area (Å²) in [5, 5.41) is 6.39. The normalized spacial score (nSPS) is 13.9. The Hall–Kier alpha value is -2.94. The van der Waals surface area contributed by atoms with Crippen molar-refractivity contribution in [1.29, 1.82) is 0 Å². The van der Waals surface area contributed by atoms with Crippen LogP contribution in [0.15, 0.2) is 69.6 Å². The second-order valence-corrected chi connectivity index (χ2v) is 10.0. The predicted octanol–water partition coefficient (Wildman–Crippen LogP) is 6.38. The summed E-state index contributed by atoms with van der Waals surface area (Å²) < 4.78 is 7.01. The Balaban J connectivity index is 1.81. The molecule has 6 nitrogen and oxygen atoms in total. The van der Waals surface area contributed by atoms with Crippen LogP contribution in [0, 0.1) is 0 Å². The summed E-state index contributed by atoms with van der Waals surface area (Å²) in [5.41, 5.74) is 5.68. The van der Waals surface area contributed by atoms with E-state index in [2.05, 4.69) is 47.4 Å². The number of carbonyl (C=O) groups excluding carboxylic acids is 2. The molecule has 4 rings (SSSR count). The average molecular weight is 599 g/mol. The Bertz CT molecular complexity index is 1300. The van der Waals surface area contributed by atoms with Crippen molar-refractivity contribution >= 4 is 66.4 Å². The summed E-state index contributed by atoms with van der Waals surface area (Å²) in [5.74, 6) is -0.661. The molecule has 0 aromatic heterocycles. The number of amides is 1. The molecule has 0 atom stereocenters. The molecule has 1 heterocycles. The van der Waals surface area contributed by atoms with E-state index in [0.29, 0.717) is 22.5 Å². The second-order valence-electron chi connectivity index (χ2n) is 8.33. The first-order chi connectivity index (χ1) is 16.8. The number of halogens is 2. The molecule has 35 heavy (non-hydrogen) atoms. The van der Waals surface area contributed by atoms with Crippen LogP contribution in [-0.4, -0.2) is 37.5 Å². The number of anilines is 2. The van der Waals surface area contributed by atoms with Crippen LogP contribution < -0.4 is 10.6 Å². The Morgan fingerprint density at radius 3 is 2.31 bits per heavy atom. The standard InChI is InChI=1S/C27H25Br2N3O3/c1-4-35-27(34)17-10-11-19-23(12-17)31-26(33)24(19)25(16-8-6-5-7-9-16)30-18-13-21(28)20(15-32(2)3)22(29)14-18/h5-14,30H,4,15H2,1-3H3,(H,31,33)/b25-24-. The van der Waals surface area contributed by atoms with Crippen molar-refractivity contribution in [1.82, 2.24) is 4.90 Å². The number of hydrogen-bond donors (Lipinski definition) is 2. The lowest BCUT2D eigenvalue weighted by molar-refractivity contribution is -0.110. The number of nitrogens with zero attached hydrogens (tertiary/aromatic N) is 1. The highest BCUT2D eigenvalue weighted by Crippen LogP contribution is 2.39. The van der Waals surface area contributed by atoms with Crippen molar-refractivity contribution < 1.29 is 14.3 Å². The molecule has 1 amide bonds. The lowest BCUT2D eigenvalue weighted by atomic mass is 9.99. The minimum absolute atomic E-state index is 0.241. The van der Waals surface area contributed by atoms with Crippen LogP contribution in [0.5, 0.6) is 0 Å². The van der Waals surface area contributed by atoms with E-state index in [1.807, 2.05) is 56.6 Å². The first kappa shape index (κ1) is 25.2. The smallest absolute Gasteiger partial charge is 0.338 e. The van der Waals surface area contributed by atoms with Gasteiger partial charge in [-0.2, -0.15) is 0 Å². The Kier molecular flexibility index (Phi) is 7.74. The topological polar surface area (TPSA) is 70.7 Å². The van der Waals surface area contributed by atoms with Gasteiger partial charge >= 0.3 is 5.97 Å². The van der Waals surface area contributed by atoms with E-state index in [1.165, 1.54) is 0 Å². The lowest BCUT2D eigenvalue weighted by Gasteiger charge is -2.18. The number of hydrogen-bond acceptors (Lipinski definition) is 5. The van der Waals surface area contributed by atoms with Crippen LogP contribution in [-0.2, 0) is 16.1 Å². The van der Waals surface area contributed by atoms with Crippen LogP contribution in [0.1, 0.15) is 34.0 Å². The number of carbonyl (C=O) groups is 2. The number of benzene rings is 3. The third-order valence-corrected chi connectivity index (χ3v) is 6.89. The van der Waals surface area contributed by atoms with Crippen LogP contribution in [0.2, 0.25) is 0 Å². The second kappa shape index (κ2) is 10.8. The minimum atomic E-state index is -0.420. The van der Waals surface area contributed by atoms with E-state index < -0.39 is 5.97 Å². The van der Waals surface area contributed by atoms with Gasteiger partial charge in [0, 0.05) is 26.7 Å². The van der Waals surface area contributed by atoms with Gasteiger partial charge in [0.05, 0.1) is 29.1 Å². The minimum Gasteiger partial charge on any atom is -0.462 e. The van der Waals surface area contributed by atoms with Crippen molar-refractivity contribution in [3.63, 3.8) is 0 Å². The molecule has 1 aliphatic rings. The van der Waals surface area contributed by atoms with Crippen LogP contribution in [0.4, 0.5) is 11.4 Å². The van der Waals surface area contributed by atoms with Crippen molar-refractivity contribution in [3.8, 4) is 0 Å². The predicted molar refractivity (Wildman–Crippen MR) is 147 cm³/mol. The van der Waals surface area contributed by atoms with E-state index in [-0.39, 0.29) is 12.5 Å². The van der Waals surface area contributed by atoms with Gasteiger partial charge < -0.3 is 20.3 Å². The van der Waals surface area contributed by atoms with Gasteiger partial charge in [0.2, 0.25) is 0 Å². The Morgan fingerprint density at radius 1 is 1.00 bits per heavy atom. The molecule has 180 valence electrons. The highest BCUT2D eigenvalue weighted by molar-refractivity contribution is 9.11. The maximum atomic E-state index is 13.2. The molecule has 0 spiro atoms. The largest absolute Gasteiger partial charge is 0.462 e. The van der Waals surface area contributed by atoms with E-state index in [0.717, 1.165) is 37.9 Å². The summed E-state index contributed by atoms with van der Waals surface area (Å²) in [6.45, 7) is 2.82. The third-order valence-electron chi connectivity index (χ3n) is 5.47. The fourth-order valence-electron chi connectivity index (χ4n) is 3.93. The molecule has 3 aromatic carbocycles. The molecule has 0 saturated heterocycles. The van der Waals surface area contributed by atoms with Gasteiger partial charge in [-0.1, -0.05) is 68.3 Å². The zero-order valence-corrected chi connectivity index (χ0v) is 22.8. The summed E-state index contributed by atoms with van der Waals surface area (Å²) in [6, 6.07) is 18.8. The third kappa shape index (κ3) is 5.50. The molecule has 2 N–H and O–H groups in total. The number of esters is 1. The molecule has 0 radical (unpaired) electrons.